The number of nitrogens with zero attached hydrogens (tertiary/aromatic N) is 2. The lowest BCUT2D eigenvalue weighted by molar-refractivity contribution is -0.131. The first-order valence-electron chi connectivity index (χ1n) is 11.5. The van der Waals surface area contributed by atoms with Crippen molar-refractivity contribution in [1.82, 2.24) is 5.32 Å². The molecule has 1 unspecified atom stereocenters. The van der Waals surface area contributed by atoms with Gasteiger partial charge in [-0.05, 0) is 88.1 Å². The van der Waals surface area contributed by atoms with Crippen molar-refractivity contribution in [3.8, 4) is 0 Å². The highest BCUT2D eigenvalue weighted by Gasteiger charge is 2.62. The lowest BCUT2D eigenvalue weighted by Crippen LogP contribution is -2.57. The van der Waals surface area contributed by atoms with Crippen LogP contribution in [0.2, 0.25) is 0 Å². The van der Waals surface area contributed by atoms with Crippen molar-refractivity contribution in [3.05, 3.63) is 0 Å². The van der Waals surface area contributed by atoms with Crippen LogP contribution < -0.4 is 5.32 Å². The summed E-state index contributed by atoms with van der Waals surface area (Å²) in [6.45, 7) is 6.21. The van der Waals surface area contributed by atoms with Crippen LogP contribution in [0.25, 0.3) is 0 Å². The van der Waals surface area contributed by atoms with Crippen molar-refractivity contribution in [2.24, 2.45) is 44.8 Å². The molecule has 6 atom stereocenters. The average molecular weight is 404 g/mol. The summed E-state index contributed by atoms with van der Waals surface area (Å²) < 4.78 is 0. The minimum atomic E-state index is -0.206. The van der Waals surface area contributed by atoms with Crippen molar-refractivity contribution in [2.75, 3.05) is 20.2 Å². The second-order valence-corrected chi connectivity index (χ2v) is 10.3. The Balaban J connectivity index is 1.51. The quantitative estimate of drug-likeness (QED) is 0.413. The lowest BCUT2D eigenvalue weighted by atomic mass is 9.45. The van der Waals surface area contributed by atoms with Crippen LogP contribution in [-0.4, -0.2) is 42.6 Å². The molecule has 0 aromatic carbocycles. The average Bonchev–Trinajstić information content (AvgIpc) is 3.02. The van der Waals surface area contributed by atoms with E-state index < -0.39 is 0 Å². The van der Waals surface area contributed by atoms with Crippen LogP contribution in [-0.2, 0) is 9.63 Å². The third-order valence-electron chi connectivity index (χ3n) is 9.02. The monoisotopic (exact) mass is 403 g/mol. The Morgan fingerprint density at radius 1 is 1.17 bits per heavy atom. The third kappa shape index (κ3) is 3.41. The molecule has 2 N–H and O–H groups in total. The number of oxime groups is 2. The molecule has 0 saturated heterocycles. The zero-order chi connectivity index (χ0) is 20.6. The summed E-state index contributed by atoms with van der Waals surface area (Å²) in [6.07, 6.45) is 8.56. The van der Waals surface area contributed by atoms with Gasteiger partial charge in [0.2, 0.25) is 0 Å². The standard InChI is InChI=1S/C23H37N3O3/c1-22-9-7-16(26-29-12-4-11-24-3)13-15(22)14-19(25-28)21-17-5-6-20(27)23(17,2)10-8-18(21)22/h15,17-18,21,24,28H,4-14H2,1-3H3/b25-19+,26-16?/t15?,17-,18-,21-,22-,23-/m0/s1. The largest absolute Gasteiger partial charge is 0.411 e. The van der Waals surface area contributed by atoms with Crippen LogP contribution in [0.5, 0.6) is 0 Å². The maximum absolute atomic E-state index is 12.6. The van der Waals surface area contributed by atoms with E-state index >= 15 is 0 Å². The predicted octanol–water partition coefficient (Wildman–Crippen LogP) is 4.02. The third-order valence-corrected chi connectivity index (χ3v) is 9.02. The molecule has 4 aliphatic rings. The Labute approximate surface area is 174 Å². The van der Waals surface area contributed by atoms with Gasteiger partial charge in [0, 0.05) is 17.8 Å². The summed E-state index contributed by atoms with van der Waals surface area (Å²) in [4.78, 5) is 18.2. The summed E-state index contributed by atoms with van der Waals surface area (Å²) in [5.74, 6) is 2.00. The number of nitrogens with one attached hydrogen (secondary N) is 1. The second kappa shape index (κ2) is 8.01. The van der Waals surface area contributed by atoms with Crippen molar-refractivity contribution >= 4 is 17.2 Å². The van der Waals surface area contributed by atoms with Gasteiger partial charge < -0.3 is 15.4 Å². The minimum absolute atomic E-state index is 0.206. The summed E-state index contributed by atoms with van der Waals surface area (Å²) in [6, 6.07) is 0. The van der Waals surface area contributed by atoms with Crippen LogP contribution in [0.1, 0.15) is 71.6 Å². The molecule has 0 aliphatic heterocycles. The fraction of sp³-hybridized carbons (Fsp3) is 0.870. The van der Waals surface area contributed by atoms with Gasteiger partial charge in [0.05, 0.1) is 11.4 Å². The van der Waals surface area contributed by atoms with Crippen molar-refractivity contribution in [3.63, 3.8) is 0 Å². The maximum atomic E-state index is 12.6. The van der Waals surface area contributed by atoms with Crippen LogP contribution in [0.3, 0.4) is 0 Å². The highest BCUT2D eigenvalue weighted by molar-refractivity contribution is 5.94. The highest BCUT2D eigenvalue weighted by atomic mass is 16.6. The van der Waals surface area contributed by atoms with Crippen LogP contribution in [0, 0.1) is 34.5 Å². The van der Waals surface area contributed by atoms with E-state index in [0.29, 0.717) is 36.6 Å². The van der Waals surface area contributed by atoms with Gasteiger partial charge in [0.25, 0.3) is 0 Å². The van der Waals surface area contributed by atoms with Gasteiger partial charge >= 0.3 is 0 Å². The molecule has 0 aromatic heterocycles. The van der Waals surface area contributed by atoms with E-state index in [1.807, 2.05) is 7.05 Å². The molecule has 0 spiro atoms. The normalized spacial score (nSPS) is 44.4. The molecule has 0 heterocycles. The first-order chi connectivity index (χ1) is 13.9. The Morgan fingerprint density at radius 2 is 2.00 bits per heavy atom. The van der Waals surface area contributed by atoms with Gasteiger partial charge in [-0.1, -0.05) is 24.2 Å². The number of carbonyl (C=O) groups is 1. The molecule has 4 fully saturated rings. The molecule has 4 saturated carbocycles. The van der Waals surface area contributed by atoms with Crippen LogP contribution in [0.4, 0.5) is 0 Å². The van der Waals surface area contributed by atoms with E-state index in [4.69, 9.17) is 4.84 Å². The summed E-state index contributed by atoms with van der Waals surface area (Å²) >= 11 is 0. The minimum Gasteiger partial charge on any atom is -0.411 e. The van der Waals surface area contributed by atoms with Gasteiger partial charge in [-0.15, -0.1) is 0 Å². The molecular formula is C23H37N3O3. The number of hydrogen-bond donors (Lipinski definition) is 2. The summed E-state index contributed by atoms with van der Waals surface area (Å²) in [7, 11) is 1.94. The maximum Gasteiger partial charge on any atom is 0.139 e. The highest BCUT2D eigenvalue weighted by Crippen LogP contribution is 2.64. The fourth-order valence-corrected chi connectivity index (χ4v) is 7.18. The molecule has 6 heteroatoms. The molecule has 0 bridgehead atoms. The molecular weight excluding hydrogens is 366 g/mol. The zero-order valence-corrected chi connectivity index (χ0v) is 18.2. The van der Waals surface area contributed by atoms with Gasteiger partial charge in [-0.3, -0.25) is 4.79 Å². The Morgan fingerprint density at radius 3 is 2.76 bits per heavy atom. The van der Waals surface area contributed by atoms with E-state index in [1.54, 1.807) is 0 Å². The second-order valence-electron chi connectivity index (χ2n) is 10.3. The summed E-state index contributed by atoms with van der Waals surface area (Å²) in [5.41, 5.74) is 2.13. The number of rotatable bonds is 5. The van der Waals surface area contributed by atoms with Gasteiger partial charge in [0.15, 0.2) is 0 Å². The zero-order valence-electron chi connectivity index (χ0n) is 18.2. The van der Waals surface area contributed by atoms with E-state index in [2.05, 4.69) is 29.5 Å². The summed E-state index contributed by atoms with van der Waals surface area (Å²) in [5, 5.41) is 21.3. The first-order valence-corrected chi connectivity index (χ1v) is 11.5. The Bertz CT molecular complexity index is 705. The predicted molar refractivity (Wildman–Crippen MR) is 113 cm³/mol. The van der Waals surface area contributed by atoms with E-state index in [9.17, 15) is 10.0 Å². The lowest BCUT2D eigenvalue weighted by Gasteiger charge is -2.59. The fourth-order valence-electron chi connectivity index (χ4n) is 7.18. The molecule has 0 radical (unpaired) electrons. The number of hydrogen-bond acceptors (Lipinski definition) is 6. The molecule has 162 valence electrons. The molecule has 0 aromatic rings. The van der Waals surface area contributed by atoms with Gasteiger partial charge in [-0.2, -0.15) is 0 Å². The van der Waals surface area contributed by atoms with Gasteiger partial charge in [-0.25, -0.2) is 0 Å². The Kier molecular flexibility index (Phi) is 5.75. The first kappa shape index (κ1) is 20.8. The molecule has 6 nitrogen and oxygen atoms in total. The van der Waals surface area contributed by atoms with Gasteiger partial charge in [0.1, 0.15) is 12.4 Å². The topological polar surface area (TPSA) is 83.3 Å². The molecule has 4 rings (SSSR count). The number of ketones is 1. The molecule has 4 aliphatic carbocycles. The number of fused-ring (bicyclic) bond motifs is 5. The van der Waals surface area contributed by atoms with E-state index in [0.717, 1.165) is 69.3 Å². The van der Waals surface area contributed by atoms with Crippen molar-refractivity contribution < 1.29 is 14.8 Å². The smallest absolute Gasteiger partial charge is 0.139 e. The van der Waals surface area contributed by atoms with E-state index in [-0.39, 0.29) is 16.7 Å². The van der Waals surface area contributed by atoms with Crippen LogP contribution in [0.15, 0.2) is 10.3 Å². The van der Waals surface area contributed by atoms with Crippen LogP contribution >= 0.6 is 0 Å². The SMILES string of the molecule is CNCCCON=C1CC[C@@]2(C)C(C1)C/C(=N\O)[C@@H]1[C@@H]2CC[C@]2(C)C(=O)CC[C@@H]12. The Hall–Kier alpha value is -1.43. The van der Waals surface area contributed by atoms with E-state index in [1.165, 1.54) is 0 Å². The molecule has 29 heavy (non-hydrogen) atoms. The van der Waals surface area contributed by atoms with Crippen molar-refractivity contribution in [2.45, 2.75) is 71.6 Å². The number of Topliss-reactive ketones (excluding diaryl/α,β-unsaturated/α-hetero) is 1. The molecule has 0 amide bonds. The number of carbonyl (C=O) groups excluding carboxylic acids is 1. The van der Waals surface area contributed by atoms with Crippen molar-refractivity contribution in [1.29, 1.82) is 0 Å².